The predicted octanol–water partition coefficient (Wildman–Crippen LogP) is 0.0230. The Morgan fingerprint density at radius 1 is 1.56 bits per heavy atom. The van der Waals surface area contributed by atoms with Crippen LogP contribution in [0, 0.1) is 5.92 Å². The first-order valence-electron chi connectivity index (χ1n) is 5.83. The van der Waals surface area contributed by atoms with Crippen molar-refractivity contribution in [2.75, 3.05) is 13.1 Å². The minimum atomic E-state index is -0.224. The van der Waals surface area contributed by atoms with Crippen molar-refractivity contribution in [1.82, 2.24) is 9.88 Å². The molecular weight excluding hydrogens is 248 g/mol. The molecule has 1 amide bonds. The number of hydrogen-bond acceptors (Lipinski definition) is 4. The van der Waals surface area contributed by atoms with E-state index in [1.807, 2.05) is 12.1 Å². The summed E-state index contributed by atoms with van der Waals surface area (Å²) in [5, 5.41) is 0. The molecule has 0 saturated carbocycles. The lowest BCUT2D eigenvalue weighted by molar-refractivity contribution is -0.121. The van der Waals surface area contributed by atoms with Crippen LogP contribution in [0.5, 0.6) is 0 Å². The molecule has 0 radical (unpaired) electrons. The fourth-order valence-corrected chi connectivity index (χ4v) is 2.42. The fourth-order valence-electron chi connectivity index (χ4n) is 2.24. The number of nitrogens with two attached hydrogens (primary N) is 2. The Balaban J connectivity index is 2.07. The number of aromatic nitrogens is 1. The molecule has 1 aromatic heterocycles. The molecule has 1 fully saturated rings. The van der Waals surface area contributed by atoms with Crippen molar-refractivity contribution in [1.29, 1.82) is 0 Å². The summed E-state index contributed by atoms with van der Waals surface area (Å²) in [6.45, 7) is 2.25. The first kappa shape index (κ1) is 12.9. The van der Waals surface area contributed by atoms with E-state index in [4.69, 9.17) is 23.7 Å². The Labute approximate surface area is 111 Å². The van der Waals surface area contributed by atoms with Gasteiger partial charge in [0.2, 0.25) is 5.91 Å². The van der Waals surface area contributed by atoms with Gasteiger partial charge < -0.3 is 11.5 Å². The van der Waals surface area contributed by atoms with Crippen LogP contribution in [0.4, 0.5) is 0 Å². The lowest BCUT2D eigenvalue weighted by Gasteiger charge is -2.16. The van der Waals surface area contributed by atoms with Gasteiger partial charge in [-0.05, 0) is 24.6 Å². The molecule has 1 aliphatic rings. The van der Waals surface area contributed by atoms with Gasteiger partial charge in [-0.3, -0.25) is 14.7 Å². The summed E-state index contributed by atoms with van der Waals surface area (Å²) in [4.78, 5) is 17.8. The van der Waals surface area contributed by atoms with Crippen molar-refractivity contribution in [3.05, 3.63) is 29.6 Å². The molecule has 4 N–H and O–H groups in total. The second-order valence-corrected chi connectivity index (χ2v) is 4.94. The molecule has 0 spiro atoms. The normalized spacial score (nSPS) is 19.9. The van der Waals surface area contributed by atoms with E-state index in [1.165, 1.54) is 0 Å². The van der Waals surface area contributed by atoms with Crippen LogP contribution >= 0.6 is 12.2 Å². The highest BCUT2D eigenvalue weighted by molar-refractivity contribution is 7.80. The van der Waals surface area contributed by atoms with Gasteiger partial charge in [0, 0.05) is 19.3 Å². The maximum absolute atomic E-state index is 11.1. The molecule has 6 heteroatoms. The molecular formula is C12H16N4OS. The van der Waals surface area contributed by atoms with Crippen LogP contribution in [0.1, 0.15) is 17.7 Å². The van der Waals surface area contributed by atoms with Gasteiger partial charge >= 0.3 is 0 Å². The van der Waals surface area contributed by atoms with Crippen LogP contribution < -0.4 is 11.5 Å². The van der Waals surface area contributed by atoms with Gasteiger partial charge in [0.15, 0.2) is 0 Å². The minimum absolute atomic E-state index is 0.0463. The van der Waals surface area contributed by atoms with Crippen LogP contribution in [0.15, 0.2) is 18.3 Å². The highest BCUT2D eigenvalue weighted by Crippen LogP contribution is 2.19. The van der Waals surface area contributed by atoms with Gasteiger partial charge in [-0.2, -0.15) is 0 Å². The largest absolute Gasteiger partial charge is 0.388 e. The lowest BCUT2D eigenvalue weighted by Crippen LogP contribution is -2.28. The summed E-state index contributed by atoms with van der Waals surface area (Å²) in [7, 11) is 0. The van der Waals surface area contributed by atoms with Gasteiger partial charge in [0.25, 0.3) is 0 Å². The third-order valence-corrected chi connectivity index (χ3v) is 3.39. The molecule has 1 aliphatic heterocycles. The van der Waals surface area contributed by atoms with Crippen LogP contribution in [-0.2, 0) is 11.3 Å². The Morgan fingerprint density at radius 3 is 2.94 bits per heavy atom. The monoisotopic (exact) mass is 264 g/mol. The second kappa shape index (κ2) is 5.41. The number of nitrogens with zero attached hydrogens (tertiary/aromatic N) is 2. The maximum atomic E-state index is 11.1. The van der Waals surface area contributed by atoms with Crippen molar-refractivity contribution in [3.8, 4) is 0 Å². The SMILES string of the molecule is NC(=O)C1CCN(Cc2cccnc2C(N)=S)C1. The Hall–Kier alpha value is -1.53. The van der Waals surface area contributed by atoms with E-state index in [9.17, 15) is 4.79 Å². The van der Waals surface area contributed by atoms with E-state index in [-0.39, 0.29) is 11.8 Å². The summed E-state index contributed by atoms with van der Waals surface area (Å²) in [5.74, 6) is -0.270. The topological polar surface area (TPSA) is 85.2 Å². The van der Waals surface area contributed by atoms with Gasteiger partial charge in [-0.15, -0.1) is 0 Å². The maximum Gasteiger partial charge on any atom is 0.221 e. The summed E-state index contributed by atoms with van der Waals surface area (Å²) in [6.07, 6.45) is 2.49. The third-order valence-electron chi connectivity index (χ3n) is 3.19. The fraction of sp³-hybridized carbons (Fsp3) is 0.417. The van der Waals surface area contributed by atoms with E-state index >= 15 is 0 Å². The van der Waals surface area contributed by atoms with Crippen LogP contribution in [0.25, 0.3) is 0 Å². The first-order chi connectivity index (χ1) is 8.58. The molecule has 1 atom stereocenters. The molecule has 2 heterocycles. The summed E-state index contributed by atoms with van der Waals surface area (Å²) in [6, 6.07) is 3.82. The number of rotatable bonds is 4. The zero-order valence-electron chi connectivity index (χ0n) is 10.0. The van der Waals surface area contributed by atoms with Crippen molar-refractivity contribution < 1.29 is 4.79 Å². The number of carbonyl (C=O) groups excluding carboxylic acids is 1. The van der Waals surface area contributed by atoms with Crippen molar-refractivity contribution >= 4 is 23.1 Å². The average molecular weight is 264 g/mol. The molecule has 1 aromatic rings. The van der Waals surface area contributed by atoms with Gasteiger partial charge in [-0.25, -0.2) is 0 Å². The number of primary amides is 1. The number of amides is 1. The Bertz CT molecular complexity index is 477. The second-order valence-electron chi connectivity index (χ2n) is 4.50. The van der Waals surface area contributed by atoms with E-state index in [2.05, 4.69) is 9.88 Å². The highest BCUT2D eigenvalue weighted by atomic mass is 32.1. The average Bonchev–Trinajstić information content (AvgIpc) is 2.78. The number of likely N-dealkylation sites (tertiary alicyclic amines) is 1. The van der Waals surface area contributed by atoms with Crippen LogP contribution in [0.3, 0.4) is 0 Å². The smallest absolute Gasteiger partial charge is 0.221 e. The predicted molar refractivity (Wildman–Crippen MR) is 72.7 cm³/mol. The number of hydrogen-bond donors (Lipinski definition) is 2. The standard InChI is InChI=1S/C12H16N4OS/c13-11(17)9-3-5-16(7-9)6-8-2-1-4-15-10(8)12(14)18/h1-2,4,9H,3,5-7H2,(H2,13,17)(H2,14,18). The summed E-state index contributed by atoms with van der Waals surface area (Å²) >= 11 is 4.98. The summed E-state index contributed by atoms with van der Waals surface area (Å²) < 4.78 is 0. The Kier molecular flexibility index (Phi) is 3.88. The van der Waals surface area contributed by atoms with Crippen LogP contribution in [-0.4, -0.2) is 33.9 Å². The van der Waals surface area contributed by atoms with Gasteiger partial charge in [-0.1, -0.05) is 18.3 Å². The van der Waals surface area contributed by atoms with Gasteiger partial charge in [0.05, 0.1) is 5.92 Å². The molecule has 0 bridgehead atoms. The van der Waals surface area contributed by atoms with E-state index in [0.29, 0.717) is 23.8 Å². The first-order valence-corrected chi connectivity index (χ1v) is 6.24. The number of carbonyl (C=O) groups is 1. The van der Waals surface area contributed by atoms with Crippen molar-refractivity contribution in [3.63, 3.8) is 0 Å². The molecule has 0 aliphatic carbocycles. The number of pyridine rings is 1. The number of thiocarbonyl (C=S) groups is 1. The Morgan fingerprint density at radius 2 is 2.33 bits per heavy atom. The highest BCUT2D eigenvalue weighted by Gasteiger charge is 2.26. The zero-order valence-corrected chi connectivity index (χ0v) is 10.8. The molecule has 5 nitrogen and oxygen atoms in total. The molecule has 1 saturated heterocycles. The lowest BCUT2D eigenvalue weighted by atomic mass is 10.1. The molecule has 96 valence electrons. The van der Waals surface area contributed by atoms with E-state index in [1.54, 1.807) is 6.20 Å². The third kappa shape index (κ3) is 2.83. The molecule has 0 aromatic carbocycles. The molecule has 18 heavy (non-hydrogen) atoms. The zero-order chi connectivity index (χ0) is 13.1. The molecule has 2 rings (SSSR count). The van der Waals surface area contributed by atoms with E-state index < -0.39 is 0 Å². The summed E-state index contributed by atoms with van der Waals surface area (Å²) in [5.41, 5.74) is 12.6. The minimum Gasteiger partial charge on any atom is -0.388 e. The van der Waals surface area contributed by atoms with E-state index in [0.717, 1.165) is 18.5 Å². The van der Waals surface area contributed by atoms with Gasteiger partial charge in [0.1, 0.15) is 10.7 Å². The quantitative estimate of drug-likeness (QED) is 0.749. The molecule has 1 unspecified atom stereocenters. The van der Waals surface area contributed by atoms with Crippen LogP contribution in [0.2, 0.25) is 0 Å². The van der Waals surface area contributed by atoms with Crippen molar-refractivity contribution in [2.45, 2.75) is 13.0 Å². The van der Waals surface area contributed by atoms with Crippen molar-refractivity contribution in [2.24, 2.45) is 17.4 Å².